The molecule has 1 rings (SSSR count). The zero-order valence-corrected chi connectivity index (χ0v) is 10.6. The third-order valence-electron chi connectivity index (χ3n) is 3.20. The van der Waals surface area contributed by atoms with Crippen molar-refractivity contribution in [2.75, 3.05) is 13.1 Å². The van der Waals surface area contributed by atoms with Gasteiger partial charge in [0.05, 0.1) is 0 Å². The predicted octanol–water partition coefficient (Wildman–Crippen LogP) is 2.22. The molecule has 3 nitrogen and oxygen atoms in total. The van der Waals surface area contributed by atoms with Crippen LogP contribution in [-0.2, 0) is 4.79 Å². The highest BCUT2D eigenvalue weighted by atomic mass is 16.1. The Hall–Kier alpha value is -0.570. The van der Waals surface area contributed by atoms with E-state index in [0.29, 0.717) is 12.5 Å². The standard InChI is InChI=1S/C13H26N2O/c1-2-3-4-5-6-8-12-11-13(16)15-10-7-9-14-12/h12,14H,2-11H2,1H3,(H,15,16)/t12-/m1/s1. The monoisotopic (exact) mass is 226 g/mol. The van der Waals surface area contributed by atoms with Crippen LogP contribution in [0.1, 0.15) is 58.3 Å². The second-order valence-electron chi connectivity index (χ2n) is 4.76. The molecule has 0 aliphatic carbocycles. The summed E-state index contributed by atoms with van der Waals surface area (Å²) in [4.78, 5) is 11.4. The van der Waals surface area contributed by atoms with E-state index in [0.717, 1.165) is 25.9 Å². The zero-order chi connectivity index (χ0) is 11.6. The zero-order valence-electron chi connectivity index (χ0n) is 10.6. The molecule has 0 bridgehead atoms. The third kappa shape index (κ3) is 6.11. The first kappa shape index (κ1) is 13.5. The minimum Gasteiger partial charge on any atom is -0.356 e. The first-order valence-electron chi connectivity index (χ1n) is 6.83. The summed E-state index contributed by atoms with van der Waals surface area (Å²) < 4.78 is 0. The number of nitrogens with one attached hydrogen (secondary N) is 2. The molecule has 0 aromatic rings. The molecule has 94 valence electrons. The summed E-state index contributed by atoms with van der Waals surface area (Å²) in [5, 5.41) is 6.43. The Morgan fingerprint density at radius 3 is 2.81 bits per heavy atom. The van der Waals surface area contributed by atoms with Gasteiger partial charge in [0.25, 0.3) is 0 Å². The van der Waals surface area contributed by atoms with E-state index in [-0.39, 0.29) is 5.91 Å². The largest absolute Gasteiger partial charge is 0.356 e. The molecule has 2 N–H and O–H groups in total. The van der Waals surface area contributed by atoms with E-state index in [4.69, 9.17) is 0 Å². The summed E-state index contributed by atoms with van der Waals surface area (Å²) >= 11 is 0. The Labute approximate surface area is 99.4 Å². The highest BCUT2D eigenvalue weighted by Crippen LogP contribution is 2.10. The van der Waals surface area contributed by atoms with Gasteiger partial charge in [0, 0.05) is 19.0 Å². The number of amides is 1. The van der Waals surface area contributed by atoms with Crippen molar-refractivity contribution in [1.29, 1.82) is 0 Å². The van der Waals surface area contributed by atoms with Crippen molar-refractivity contribution in [1.82, 2.24) is 10.6 Å². The Morgan fingerprint density at radius 2 is 2.00 bits per heavy atom. The maximum Gasteiger partial charge on any atom is 0.221 e. The van der Waals surface area contributed by atoms with Crippen LogP contribution in [0.15, 0.2) is 0 Å². The fraction of sp³-hybridized carbons (Fsp3) is 0.923. The maximum absolute atomic E-state index is 11.4. The van der Waals surface area contributed by atoms with Crippen molar-refractivity contribution in [3.63, 3.8) is 0 Å². The van der Waals surface area contributed by atoms with E-state index in [1.54, 1.807) is 0 Å². The molecule has 3 heteroatoms. The molecule has 1 atom stereocenters. The van der Waals surface area contributed by atoms with Gasteiger partial charge >= 0.3 is 0 Å². The van der Waals surface area contributed by atoms with Crippen LogP contribution in [-0.4, -0.2) is 25.0 Å². The molecule has 0 aromatic heterocycles. The maximum atomic E-state index is 11.4. The molecule has 1 amide bonds. The number of unbranched alkanes of at least 4 members (excludes halogenated alkanes) is 4. The van der Waals surface area contributed by atoms with Gasteiger partial charge in [-0.3, -0.25) is 4.79 Å². The molecule has 1 heterocycles. The predicted molar refractivity (Wildman–Crippen MR) is 67.4 cm³/mol. The van der Waals surface area contributed by atoms with Gasteiger partial charge in [0.15, 0.2) is 0 Å². The Balaban J connectivity index is 2.10. The first-order valence-corrected chi connectivity index (χ1v) is 6.83. The van der Waals surface area contributed by atoms with Crippen LogP contribution in [0.2, 0.25) is 0 Å². The molecule has 16 heavy (non-hydrogen) atoms. The summed E-state index contributed by atoms with van der Waals surface area (Å²) in [5.74, 6) is 0.214. The second-order valence-corrected chi connectivity index (χ2v) is 4.76. The fourth-order valence-corrected chi connectivity index (χ4v) is 2.19. The Kier molecular flexibility index (Phi) is 7.23. The van der Waals surface area contributed by atoms with Gasteiger partial charge in [-0.1, -0.05) is 39.0 Å². The van der Waals surface area contributed by atoms with Crippen LogP contribution in [0.3, 0.4) is 0 Å². The summed E-state index contributed by atoms with van der Waals surface area (Å²) in [6.07, 6.45) is 9.42. The quantitative estimate of drug-likeness (QED) is 0.682. The van der Waals surface area contributed by atoms with E-state index in [2.05, 4.69) is 17.6 Å². The number of carbonyl (C=O) groups excluding carboxylic acids is 1. The number of hydrogen-bond acceptors (Lipinski definition) is 2. The number of hydrogen-bond donors (Lipinski definition) is 2. The minimum atomic E-state index is 0.214. The molecule has 0 saturated carbocycles. The van der Waals surface area contributed by atoms with Crippen molar-refractivity contribution >= 4 is 5.91 Å². The minimum absolute atomic E-state index is 0.214. The van der Waals surface area contributed by atoms with Crippen molar-refractivity contribution in [3.8, 4) is 0 Å². The molecular weight excluding hydrogens is 200 g/mol. The fourth-order valence-electron chi connectivity index (χ4n) is 2.19. The lowest BCUT2D eigenvalue weighted by molar-refractivity contribution is -0.121. The van der Waals surface area contributed by atoms with Crippen LogP contribution in [0.25, 0.3) is 0 Å². The molecule has 0 aromatic carbocycles. The van der Waals surface area contributed by atoms with E-state index in [1.807, 2.05) is 0 Å². The summed E-state index contributed by atoms with van der Waals surface area (Å²) in [5.41, 5.74) is 0. The average molecular weight is 226 g/mol. The lowest BCUT2D eigenvalue weighted by atomic mass is 10.0. The molecule has 1 aliphatic rings. The van der Waals surface area contributed by atoms with E-state index >= 15 is 0 Å². The molecule has 0 spiro atoms. The van der Waals surface area contributed by atoms with Gasteiger partial charge in [-0.05, 0) is 19.4 Å². The molecule has 1 fully saturated rings. The number of carbonyl (C=O) groups is 1. The summed E-state index contributed by atoms with van der Waals surface area (Å²) in [6, 6.07) is 0.405. The molecule has 0 radical (unpaired) electrons. The van der Waals surface area contributed by atoms with Gasteiger partial charge in [-0.15, -0.1) is 0 Å². The van der Waals surface area contributed by atoms with Gasteiger partial charge in [0.2, 0.25) is 5.91 Å². The molecule has 0 unspecified atom stereocenters. The van der Waals surface area contributed by atoms with Crippen LogP contribution < -0.4 is 10.6 Å². The topological polar surface area (TPSA) is 41.1 Å². The second kappa shape index (κ2) is 8.57. The van der Waals surface area contributed by atoms with Crippen molar-refractivity contribution < 1.29 is 4.79 Å². The van der Waals surface area contributed by atoms with Gasteiger partial charge in [-0.25, -0.2) is 0 Å². The van der Waals surface area contributed by atoms with Crippen molar-refractivity contribution in [3.05, 3.63) is 0 Å². The number of rotatable bonds is 6. The average Bonchev–Trinajstić information content (AvgIpc) is 2.24. The summed E-state index contributed by atoms with van der Waals surface area (Å²) in [6.45, 7) is 4.11. The normalized spacial score (nSPS) is 22.3. The lowest BCUT2D eigenvalue weighted by Gasteiger charge is -2.21. The van der Waals surface area contributed by atoms with Gasteiger partial charge < -0.3 is 10.6 Å². The third-order valence-corrected chi connectivity index (χ3v) is 3.20. The molecule has 1 saturated heterocycles. The SMILES string of the molecule is CCCCCCC[C@@H]1CC(=O)NCCCN1. The molecule has 1 aliphatic heterocycles. The van der Waals surface area contributed by atoms with E-state index in [9.17, 15) is 4.79 Å². The Bertz CT molecular complexity index is 194. The highest BCUT2D eigenvalue weighted by Gasteiger charge is 2.14. The first-order chi connectivity index (χ1) is 7.83. The van der Waals surface area contributed by atoms with Gasteiger partial charge in [-0.2, -0.15) is 0 Å². The smallest absolute Gasteiger partial charge is 0.221 e. The van der Waals surface area contributed by atoms with Crippen LogP contribution in [0, 0.1) is 0 Å². The Morgan fingerprint density at radius 1 is 1.19 bits per heavy atom. The summed E-state index contributed by atoms with van der Waals surface area (Å²) in [7, 11) is 0. The van der Waals surface area contributed by atoms with E-state index < -0.39 is 0 Å². The van der Waals surface area contributed by atoms with Crippen molar-refractivity contribution in [2.24, 2.45) is 0 Å². The highest BCUT2D eigenvalue weighted by molar-refractivity contribution is 5.76. The van der Waals surface area contributed by atoms with Crippen LogP contribution in [0.4, 0.5) is 0 Å². The molecular formula is C13H26N2O. The van der Waals surface area contributed by atoms with Crippen molar-refractivity contribution in [2.45, 2.75) is 64.3 Å². The van der Waals surface area contributed by atoms with Crippen LogP contribution >= 0.6 is 0 Å². The van der Waals surface area contributed by atoms with Crippen LogP contribution in [0.5, 0.6) is 0 Å². The van der Waals surface area contributed by atoms with Gasteiger partial charge in [0.1, 0.15) is 0 Å². The van der Waals surface area contributed by atoms with E-state index in [1.165, 1.54) is 32.1 Å². The lowest BCUT2D eigenvalue weighted by Crippen LogP contribution is -2.40.